The minimum Gasteiger partial charge on any atom is -0.380 e. The van der Waals surface area contributed by atoms with Gasteiger partial charge >= 0.3 is 0 Å². The summed E-state index contributed by atoms with van der Waals surface area (Å²) >= 11 is 0. The maximum atomic E-state index is 5.71. The average Bonchev–Trinajstić information content (AvgIpc) is 2.16. The van der Waals surface area contributed by atoms with Crippen LogP contribution in [0.4, 0.5) is 0 Å². The molecule has 0 amide bonds. The van der Waals surface area contributed by atoms with Gasteiger partial charge in [-0.3, -0.25) is 0 Å². The average molecular weight is 193 g/mol. The fourth-order valence-electron chi connectivity index (χ4n) is 1.44. The molecular formula is C12H19NO. The summed E-state index contributed by atoms with van der Waals surface area (Å²) < 4.78 is 5.08. The van der Waals surface area contributed by atoms with Crippen LogP contribution in [0, 0.1) is 0 Å². The van der Waals surface area contributed by atoms with Gasteiger partial charge in [-0.25, -0.2) is 0 Å². The molecule has 1 atom stereocenters. The van der Waals surface area contributed by atoms with Crippen LogP contribution in [0.3, 0.4) is 0 Å². The summed E-state index contributed by atoms with van der Waals surface area (Å²) in [6.07, 6.45) is 2.09. The Labute approximate surface area is 86.1 Å². The van der Waals surface area contributed by atoms with E-state index >= 15 is 0 Å². The molecule has 14 heavy (non-hydrogen) atoms. The first kappa shape index (κ1) is 11.2. The van der Waals surface area contributed by atoms with E-state index in [2.05, 4.69) is 24.3 Å². The van der Waals surface area contributed by atoms with Crippen molar-refractivity contribution in [2.75, 3.05) is 7.11 Å². The van der Waals surface area contributed by atoms with Crippen molar-refractivity contribution in [1.29, 1.82) is 0 Å². The summed E-state index contributed by atoms with van der Waals surface area (Å²) in [6.45, 7) is 2.73. The van der Waals surface area contributed by atoms with E-state index in [9.17, 15) is 0 Å². The number of hydrogen-bond acceptors (Lipinski definition) is 2. The lowest BCUT2D eigenvalue weighted by molar-refractivity contribution is 0.185. The molecule has 1 unspecified atom stereocenters. The third-order valence-corrected chi connectivity index (χ3v) is 2.19. The van der Waals surface area contributed by atoms with E-state index in [1.54, 1.807) is 7.11 Å². The summed E-state index contributed by atoms with van der Waals surface area (Å²) in [4.78, 5) is 0. The van der Waals surface area contributed by atoms with Gasteiger partial charge in [0.05, 0.1) is 6.61 Å². The molecule has 0 saturated carbocycles. The van der Waals surface area contributed by atoms with Gasteiger partial charge in [0.25, 0.3) is 0 Å². The fourth-order valence-corrected chi connectivity index (χ4v) is 1.44. The van der Waals surface area contributed by atoms with Crippen LogP contribution in [-0.2, 0) is 17.8 Å². The van der Waals surface area contributed by atoms with Crippen molar-refractivity contribution >= 4 is 0 Å². The Balaban J connectivity index is 2.54. The molecule has 0 spiro atoms. The van der Waals surface area contributed by atoms with Gasteiger partial charge in [-0.15, -0.1) is 0 Å². The zero-order chi connectivity index (χ0) is 10.4. The number of hydrogen-bond donors (Lipinski definition) is 1. The van der Waals surface area contributed by atoms with Gasteiger partial charge in [0.2, 0.25) is 0 Å². The van der Waals surface area contributed by atoms with Crippen LogP contribution in [0.25, 0.3) is 0 Å². The van der Waals surface area contributed by atoms with E-state index in [1.807, 2.05) is 6.92 Å². The van der Waals surface area contributed by atoms with Crippen molar-refractivity contribution < 1.29 is 4.74 Å². The van der Waals surface area contributed by atoms with Crippen LogP contribution in [0.1, 0.15) is 24.5 Å². The first-order valence-corrected chi connectivity index (χ1v) is 5.04. The minimum absolute atomic E-state index is 0.279. The second kappa shape index (κ2) is 5.78. The smallest absolute Gasteiger partial charge is 0.0713 e. The molecule has 2 N–H and O–H groups in total. The van der Waals surface area contributed by atoms with E-state index < -0.39 is 0 Å². The molecule has 78 valence electrons. The first-order valence-electron chi connectivity index (χ1n) is 5.04. The third-order valence-electron chi connectivity index (χ3n) is 2.19. The highest BCUT2D eigenvalue weighted by Gasteiger charge is 1.98. The molecule has 0 aliphatic heterocycles. The van der Waals surface area contributed by atoms with Crippen molar-refractivity contribution in [2.24, 2.45) is 5.73 Å². The second-order valence-electron chi connectivity index (χ2n) is 3.77. The highest BCUT2D eigenvalue weighted by molar-refractivity contribution is 5.23. The maximum absolute atomic E-state index is 5.71. The lowest BCUT2D eigenvalue weighted by Gasteiger charge is -2.06. The Morgan fingerprint density at radius 2 is 2.07 bits per heavy atom. The van der Waals surface area contributed by atoms with Crippen LogP contribution < -0.4 is 5.73 Å². The van der Waals surface area contributed by atoms with Gasteiger partial charge in [0.15, 0.2) is 0 Å². The zero-order valence-corrected chi connectivity index (χ0v) is 8.99. The van der Waals surface area contributed by atoms with Gasteiger partial charge < -0.3 is 10.5 Å². The topological polar surface area (TPSA) is 35.2 Å². The third kappa shape index (κ3) is 3.90. The molecule has 0 aliphatic carbocycles. The molecule has 1 rings (SSSR count). The number of rotatable bonds is 5. The van der Waals surface area contributed by atoms with Crippen molar-refractivity contribution in [1.82, 2.24) is 0 Å². The molecule has 0 heterocycles. The molecule has 0 radical (unpaired) electrons. The van der Waals surface area contributed by atoms with Crippen molar-refractivity contribution in [2.45, 2.75) is 32.4 Å². The number of ether oxygens (including phenoxy) is 1. The number of benzene rings is 1. The summed E-state index contributed by atoms with van der Waals surface area (Å²) in [6, 6.07) is 8.76. The molecule has 0 fully saturated rings. The van der Waals surface area contributed by atoms with E-state index in [0.717, 1.165) is 12.8 Å². The Kier molecular flexibility index (Phi) is 4.63. The molecule has 2 heteroatoms. The SMILES string of the molecule is COCc1cccc(CCC(C)N)c1. The summed E-state index contributed by atoms with van der Waals surface area (Å²) in [5, 5.41) is 0. The Morgan fingerprint density at radius 3 is 2.71 bits per heavy atom. The molecule has 1 aromatic rings. The van der Waals surface area contributed by atoms with Crippen molar-refractivity contribution in [3.05, 3.63) is 35.4 Å². The van der Waals surface area contributed by atoms with E-state index in [1.165, 1.54) is 11.1 Å². The Morgan fingerprint density at radius 1 is 1.36 bits per heavy atom. The van der Waals surface area contributed by atoms with Gasteiger partial charge in [0, 0.05) is 13.2 Å². The van der Waals surface area contributed by atoms with Gasteiger partial charge in [-0.2, -0.15) is 0 Å². The fraction of sp³-hybridized carbons (Fsp3) is 0.500. The quantitative estimate of drug-likeness (QED) is 0.777. The van der Waals surface area contributed by atoms with Gasteiger partial charge in [0.1, 0.15) is 0 Å². The van der Waals surface area contributed by atoms with Crippen LogP contribution in [0.2, 0.25) is 0 Å². The predicted molar refractivity (Wildman–Crippen MR) is 59.1 cm³/mol. The molecule has 0 aliphatic rings. The van der Waals surface area contributed by atoms with E-state index in [4.69, 9.17) is 10.5 Å². The maximum Gasteiger partial charge on any atom is 0.0713 e. The van der Waals surface area contributed by atoms with Crippen LogP contribution in [-0.4, -0.2) is 13.2 Å². The predicted octanol–water partition coefficient (Wildman–Crippen LogP) is 2.11. The largest absolute Gasteiger partial charge is 0.380 e. The molecule has 2 nitrogen and oxygen atoms in total. The van der Waals surface area contributed by atoms with E-state index in [0.29, 0.717) is 6.61 Å². The molecule has 0 bridgehead atoms. The molecule has 0 aromatic heterocycles. The minimum atomic E-state index is 0.279. The normalized spacial score (nSPS) is 12.8. The Hall–Kier alpha value is -0.860. The summed E-state index contributed by atoms with van der Waals surface area (Å²) in [7, 11) is 1.72. The highest BCUT2D eigenvalue weighted by Crippen LogP contribution is 2.09. The van der Waals surface area contributed by atoms with E-state index in [-0.39, 0.29) is 6.04 Å². The monoisotopic (exact) mass is 193 g/mol. The zero-order valence-electron chi connectivity index (χ0n) is 8.99. The first-order chi connectivity index (χ1) is 6.72. The second-order valence-corrected chi connectivity index (χ2v) is 3.77. The van der Waals surface area contributed by atoms with Crippen molar-refractivity contribution in [3.63, 3.8) is 0 Å². The van der Waals surface area contributed by atoms with Crippen LogP contribution >= 0.6 is 0 Å². The lowest BCUT2D eigenvalue weighted by Crippen LogP contribution is -2.15. The summed E-state index contributed by atoms with van der Waals surface area (Å²) in [5.74, 6) is 0. The van der Waals surface area contributed by atoms with Gasteiger partial charge in [-0.05, 0) is 30.9 Å². The highest BCUT2D eigenvalue weighted by atomic mass is 16.5. The number of nitrogens with two attached hydrogens (primary N) is 1. The lowest BCUT2D eigenvalue weighted by atomic mass is 10.0. The van der Waals surface area contributed by atoms with Crippen LogP contribution in [0.15, 0.2) is 24.3 Å². The van der Waals surface area contributed by atoms with Crippen molar-refractivity contribution in [3.8, 4) is 0 Å². The number of aryl methyl sites for hydroxylation is 1. The Bertz CT molecular complexity index is 271. The standard InChI is InChI=1S/C12H19NO/c1-10(13)6-7-11-4-3-5-12(8-11)9-14-2/h3-5,8,10H,6-7,9,13H2,1-2H3. The molecule has 0 saturated heterocycles. The number of methoxy groups -OCH3 is 1. The molecular weight excluding hydrogens is 174 g/mol. The summed E-state index contributed by atoms with van der Waals surface area (Å²) in [5.41, 5.74) is 8.29. The molecule has 1 aromatic carbocycles. The van der Waals surface area contributed by atoms with Gasteiger partial charge in [-0.1, -0.05) is 24.3 Å². The van der Waals surface area contributed by atoms with Crippen LogP contribution in [0.5, 0.6) is 0 Å².